The van der Waals surface area contributed by atoms with Crippen molar-refractivity contribution in [1.29, 1.82) is 0 Å². The lowest BCUT2D eigenvalue weighted by Crippen LogP contribution is -2.38. The van der Waals surface area contributed by atoms with Gasteiger partial charge >= 0.3 is 6.18 Å². The van der Waals surface area contributed by atoms with Crippen LogP contribution in [0.25, 0.3) is 0 Å². The van der Waals surface area contributed by atoms with Crippen LogP contribution in [0.2, 0.25) is 5.02 Å². The molecular weight excluding hydrogens is 369 g/mol. The number of sulfone groups is 1. The van der Waals surface area contributed by atoms with E-state index < -0.39 is 27.5 Å². The lowest BCUT2D eigenvalue weighted by atomic mass is 10.1. The maximum atomic E-state index is 13.0. The topological polar surface area (TPSA) is 66.5 Å². The van der Waals surface area contributed by atoms with E-state index in [1.54, 1.807) is 7.05 Å². The fraction of sp³-hybridized carbons (Fsp3) is 0.500. The van der Waals surface area contributed by atoms with Gasteiger partial charge < -0.3 is 5.32 Å². The van der Waals surface area contributed by atoms with Crippen molar-refractivity contribution in [3.05, 3.63) is 28.8 Å². The Morgan fingerprint density at radius 3 is 2.62 bits per heavy atom. The van der Waals surface area contributed by atoms with Crippen LogP contribution in [0.15, 0.2) is 18.2 Å². The molecule has 1 heterocycles. The fourth-order valence-corrected chi connectivity index (χ4v) is 4.51. The third-order valence-corrected chi connectivity index (χ3v) is 5.77. The normalized spacial score (nSPS) is 20.3. The van der Waals surface area contributed by atoms with E-state index in [1.807, 2.05) is 0 Å². The molecule has 1 atom stereocenters. The molecule has 10 heteroatoms. The Labute approximate surface area is 142 Å². The van der Waals surface area contributed by atoms with Crippen molar-refractivity contribution in [3.8, 4) is 0 Å². The number of amides is 1. The zero-order valence-corrected chi connectivity index (χ0v) is 14.3. The van der Waals surface area contributed by atoms with Gasteiger partial charge in [-0.1, -0.05) is 11.6 Å². The molecule has 1 aliphatic rings. The van der Waals surface area contributed by atoms with E-state index >= 15 is 0 Å². The van der Waals surface area contributed by atoms with Crippen LogP contribution < -0.4 is 5.32 Å². The average Bonchev–Trinajstić information content (AvgIpc) is 2.80. The summed E-state index contributed by atoms with van der Waals surface area (Å²) < 4.78 is 61.8. The first-order valence-corrected chi connectivity index (χ1v) is 9.25. The van der Waals surface area contributed by atoms with Crippen molar-refractivity contribution >= 4 is 33.0 Å². The van der Waals surface area contributed by atoms with Gasteiger partial charge in [0.25, 0.3) is 0 Å². The number of nitrogens with one attached hydrogen (secondary N) is 1. The molecule has 1 saturated heterocycles. The summed E-state index contributed by atoms with van der Waals surface area (Å²) >= 11 is 5.58. The van der Waals surface area contributed by atoms with Gasteiger partial charge in [0.2, 0.25) is 5.91 Å². The molecule has 1 amide bonds. The summed E-state index contributed by atoms with van der Waals surface area (Å²) in [6, 6.07) is 2.76. The van der Waals surface area contributed by atoms with Crippen molar-refractivity contribution in [3.63, 3.8) is 0 Å². The number of alkyl halides is 3. The van der Waals surface area contributed by atoms with Crippen LogP contribution in [0.1, 0.15) is 12.0 Å². The highest BCUT2D eigenvalue weighted by atomic mass is 35.5. The van der Waals surface area contributed by atoms with Gasteiger partial charge in [0.15, 0.2) is 9.84 Å². The van der Waals surface area contributed by atoms with E-state index in [2.05, 4.69) is 5.32 Å². The van der Waals surface area contributed by atoms with E-state index in [4.69, 9.17) is 11.6 Å². The molecule has 1 aromatic carbocycles. The predicted octanol–water partition coefficient (Wildman–Crippen LogP) is 2.42. The summed E-state index contributed by atoms with van der Waals surface area (Å²) in [6.45, 7) is -0.208. The van der Waals surface area contributed by atoms with Crippen molar-refractivity contribution in [2.75, 3.05) is 30.4 Å². The molecule has 0 radical (unpaired) electrons. The van der Waals surface area contributed by atoms with E-state index in [0.717, 1.165) is 12.1 Å². The molecule has 0 spiro atoms. The number of benzene rings is 1. The van der Waals surface area contributed by atoms with E-state index in [0.29, 0.717) is 6.42 Å². The summed E-state index contributed by atoms with van der Waals surface area (Å²) in [5, 5.41) is 2.12. The smallest absolute Gasteiger partial charge is 0.324 e. The quantitative estimate of drug-likeness (QED) is 0.865. The number of hydrogen-bond acceptors (Lipinski definition) is 4. The minimum Gasteiger partial charge on any atom is -0.324 e. The van der Waals surface area contributed by atoms with Gasteiger partial charge in [0, 0.05) is 11.1 Å². The molecule has 5 nitrogen and oxygen atoms in total. The van der Waals surface area contributed by atoms with Crippen LogP contribution in [0.3, 0.4) is 0 Å². The number of hydrogen-bond donors (Lipinski definition) is 1. The first-order chi connectivity index (χ1) is 11.0. The van der Waals surface area contributed by atoms with E-state index in [-0.39, 0.29) is 34.8 Å². The number of carbonyl (C=O) groups excluding carboxylic acids is 1. The Morgan fingerprint density at radius 1 is 1.42 bits per heavy atom. The Kier molecular flexibility index (Phi) is 5.46. The zero-order valence-electron chi connectivity index (χ0n) is 12.7. The van der Waals surface area contributed by atoms with Crippen LogP contribution >= 0.6 is 11.6 Å². The molecule has 1 fully saturated rings. The molecule has 1 aromatic rings. The van der Waals surface area contributed by atoms with Gasteiger partial charge in [0.05, 0.1) is 29.3 Å². The highest BCUT2D eigenvalue weighted by molar-refractivity contribution is 7.91. The first kappa shape index (κ1) is 19.0. The summed E-state index contributed by atoms with van der Waals surface area (Å²) in [5.41, 5.74) is -1.42. The number of rotatable bonds is 4. The maximum absolute atomic E-state index is 13.0. The number of anilines is 1. The van der Waals surface area contributed by atoms with Crippen molar-refractivity contribution in [2.45, 2.75) is 18.6 Å². The third-order valence-electron chi connectivity index (χ3n) is 3.79. The summed E-state index contributed by atoms with van der Waals surface area (Å²) in [4.78, 5) is 13.5. The van der Waals surface area contributed by atoms with Crippen molar-refractivity contribution in [2.24, 2.45) is 0 Å². The predicted molar refractivity (Wildman–Crippen MR) is 84.8 cm³/mol. The third kappa shape index (κ3) is 4.84. The number of carbonyl (C=O) groups is 1. The molecule has 0 aliphatic carbocycles. The molecule has 0 aromatic heterocycles. The molecule has 1 aliphatic heterocycles. The highest BCUT2D eigenvalue weighted by Gasteiger charge is 2.35. The van der Waals surface area contributed by atoms with E-state index in [1.165, 1.54) is 11.0 Å². The molecule has 0 bridgehead atoms. The number of likely N-dealkylation sites (N-methyl/N-ethyl adjacent to an activating group) is 1. The first-order valence-electron chi connectivity index (χ1n) is 7.05. The fourth-order valence-electron chi connectivity index (χ4n) is 2.53. The van der Waals surface area contributed by atoms with Gasteiger partial charge in [-0.05, 0) is 31.7 Å². The molecule has 1 N–H and O–H groups in total. The second-order valence-corrected chi connectivity index (χ2v) is 8.37. The molecular formula is C14H16ClF3N2O3S. The Balaban J connectivity index is 2.05. The Hall–Kier alpha value is -1.32. The monoisotopic (exact) mass is 384 g/mol. The second kappa shape index (κ2) is 6.89. The van der Waals surface area contributed by atoms with Crippen molar-refractivity contribution < 1.29 is 26.4 Å². The minimum atomic E-state index is -4.65. The van der Waals surface area contributed by atoms with Crippen molar-refractivity contribution in [1.82, 2.24) is 4.90 Å². The van der Waals surface area contributed by atoms with Gasteiger partial charge in [-0.25, -0.2) is 8.42 Å². The van der Waals surface area contributed by atoms with Gasteiger partial charge in [0.1, 0.15) is 0 Å². The van der Waals surface area contributed by atoms with Crippen LogP contribution in [-0.4, -0.2) is 50.4 Å². The lowest BCUT2D eigenvalue weighted by molar-refractivity contribution is -0.137. The summed E-state index contributed by atoms with van der Waals surface area (Å²) in [5.74, 6) is -0.653. The van der Waals surface area contributed by atoms with Crippen LogP contribution in [0.4, 0.5) is 18.9 Å². The molecule has 0 saturated carbocycles. The Bertz CT molecular complexity index is 737. The molecule has 24 heavy (non-hydrogen) atoms. The van der Waals surface area contributed by atoms with Crippen LogP contribution in [-0.2, 0) is 20.8 Å². The second-order valence-electron chi connectivity index (χ2n) is 5.71. The van der Waals surface area contributed by atoms with Gasteiger partial charge in [-0.2, -0.15) is 13.2 Å². The maximum Gasteiger partial charge on any atom is 0.418 e. The summed E-state index contributed by atoms with van der Waals surface area (Å²) in [6.07, 6.45) is -4.25. The molecule has 1 unspecified atom stereocenters. The van der Waals surface area contributed by atoms with Gasteiger partial charge in [-0.15, -0.1) is 0 Å². The lowest BCUT2D eigenvalue weighted by Gasteiger charge is -2.22. The minimum absolute atomic E-state index is 0.0501. The number of nitrogens with zero attached hydrogens (tertiary/aromatic N) is 1. The highest BCUT2D eigenvalue weighted by Crippen LogP contribution is 2.36. The van der Waals surface area contributed by atoms with Crippen LogP contribution in [0, 0.1) is 0 Å². The molecule has 2 rings (SSSR count). The molecule has 134 valence electrons. The van der Waals surface area contributed by atoms with Crippen LogP contribution in [0.5, 0.6) is 0 Å². The standard InChI is InChI=1S/C14H16ClF3N2O3S/c1-20(10-4-5-24(22,23)8-10)7-13(21)19-12-3-2-9(15)6-11(12)14(16,17)18/h2-3,6,10H,4-5,7-8H2,1H3,(H,19,21). The van der Waals surface area contributed by atoms with Gasteiger partial charge in [-0.3, -0.25) is 9.69 Å². The number of halogens is 4. The van der Waals surface area contributed by atoms with E-state index in [9.17, 15) is 26.4 Å². The zero-order chi connectivity index (χ0) is 18.1. The Morgan fingerprint density at radius 2 is 2.08 bits per heavy atom. The summed E-state index contributed by atoms with van der Waals surface area (Å²) in [7, 11) is -1.54. The average molecular weight is 385 g/mol. The SMILES string of the molecule is CN(CC(=O)Nc1ccc(Cl)cc1C(F)(F)F)C1CCS(=O)(=O)C1. The largest absolute Gasteiger partial charge is 0.418 e.